The zero-order chi connectivity index (χ0) is 11.5. The van der Waals surface area contributed by atoms with Crippen molar-refractivity contribution in [2.45, 2.75) is 46.1 Å². The summed E-state index contributed by atoms with van der Waals surface area (Å²) in [4.78, 5) is 10.9. The fourth-order valence-corrected chi connectivity index (χ4v) is 1.28. The maximum Gasteiger partial charge on any atom is 0.407 e. The number of nitrogens with one attached hydrogen (secondary N) is 2. The monoisotopic (exact) mass is 216 g/mol. The maximum absolute atomic E-state index is 10.9. The maximum atomic E-state index is 10.9. The van der Waals surface area contributed by atoms with Gasteiger partial charge in [-0.2, -0.15) is 0 Å². The molecule has 0 aromatic heterocycles. The number of hydrogen-bond donors (Lipinski definition) is 2. The van der Waals surface area contributed by atoms with Crippen LogP contribution in [0.4, 0.5) is 4.79 Å². The molecule has 0 spiro atoms. The van der Waals surface area contributed by atoms with Crippen molar-refractivity contribution in [2.75, 3.05) is 19.7 Å². The predicted octanol–water partition coefficient (Wildman–Crippen LogP) is 1.90. The van der Waals surface area contributed by atoms with Crippen molar-refractivity contribution in [3.05, 3.63) is 0 Å². The van der Waals surface area contributed by atoms with E-state index in [9.17, 15) is 4.79 Å². The van der Waals surface area contributed by atoms with Gasteiger partial charge in [0.05, 0.1) is 6.61 Å². The summed E-state index contributed by atoms with van der Waals surface area (Å²) in [6, 6.07) is 0.522. The number of unbranched alkanes of at least 4 members (excludes halogenated alkanes) is 1. The molecule has 0 aliphatic heterocycles. The molecule has 0 saturated heterocycles. The van der Waals surface area contributed by atoms with Gasteiger partial charge in [-0.05, 0) is 20.3 Å². The van der Waals surface area contributed by atoms with Crippen molar-refractivity contribution < 1.29 is 9.53 Å². The van der Waals surface area contributed by atoms with Crippen LogP contribution in [0.3, 0.4) is 0 Å². The minimum Gasteiger partial charge on any atom is -0.450 e. The van der Waals surface area contributed by atoms with Gasteiger partial charge in [-0.3, -0.25) is 0 Å². The molecule has 1 unspecified atom stereocenters. The molecule has 2 N–H and O–H groups in total. The second kappa shape index (κ2) is 9.77. The molecular weight excluding hydrogens is 192 g/mol. The third-order valence-corrected chi connectivity index (χ3v) is 2.15. The Balaban J connectivity index is 3.26. The van der Waals surface area contributed by atoms with Crippen molar-refractivity contribution >= 4 is 6.09 Å². The minimum atomic E-state index is -0.333. The number of rotatable bonds is 8. The lowest BCUT2D eigenvalue weighted by atomic mass is 10.1. The zero-order valence-electron chi connectivity index (χ0n) is 10.1. The molecule has 0 bridgehead atoms. The van der Waals surface area contributed by atoms with E-state index >= 15 is 0 Å². The van der Waals surface area contributed by atoms with E-state index in [0.717, 1.165) is 6.54 Å². The van der Waals surface area contributed by atoms with E-state index in [2.05, 4.69) is 24.5 Å². The molecule has 0 aliphatic carbocycles. The first-order valence-electron chi connectivity index (χ1n) is 5.84. The number of carbonyl (C=O) groups is 1. The first-order valence-corrected chi connectivity index (χ1v) is 5.84. The van der Waals surface area contributed by atoms with Crippen LogP contribution >= 0.6 is 0 Å². The standard InChI is InChI=1S/C11H24N2O2/c1-4-6-7-10(3)12-8-9-13-11(14)15-5-2/h10,12H,4-9H2,1-3H3,(H,13,14). The van der Waals surface area contributed by atoms with Crippen molar-refractivity contribution in [1.82, 2.24) is 10.6 Å². The Labute approximate surface area is 92.8 Å². The van der Waals surface area contributed by atoms with Gasteiger partial charge in [-0.25, -0.2) is 4.79 Å². The van der Waals surface area contributed by atoms with Gasteiger partial charge in [-0.15, -0.1) is 0 Å². The Morgan fingerprint density at radius 2 is 2.07 bits per heavy atom. The molecule has 0 radical (unpaired) electrons. The summed E-state index contributed by atoms with van der Waals surface area (Å²) in [6.07, 6.45) is 3.34. The molecular formula is C11H24N2O2. The van der Waals surface area contributed by atoms with E-state index in [1.807, 2.05) is 0 Å². The van der Waals surface area contributed by atoms with Crippen LogP contribution in [-0.4, -0.2) is 31.8 Å². The summed E-state index contributed by atoms with van der Waals surface area (Å²) in [5.41, 5.74) is 0. The van der Waals surface area contributed by atoms with E-state index < -0.39 is 0 Å². The van der Waals surface area contributed by atoms with Crippen LogP contribution in [0.5, 0.6) is 0 Å². The van der Waals surface area contributed by atoms with Gasteiger partial charge >= 0.3 is 6.09 Å². The largest absolute Gasteiger partial charge is 0.450 e. The normalized spacial score (nSPS) is 12.2. The molecule has 4 heteroatoms. The average Bonchev–Trinajstić information content (AvgIpc) is 2.22. The van der Waals surface area contributed by atoms with E-state index in [1.165, 1.54) is 19.3 Å². The van der Waals surface area contributed by atoms with Gasteiger partial charge in [0.2, 0.25) is 0 Å². The highest BCUT2D eigenvalue weighted by atomic mass is 16.5. The van der Waals surface area contributed by atoms with Gasteiger partial charge in [0, 0.05) is 19.1 Å². The topological polar surface area (TPSA) is 50.4 Å². The van der Waals surface area contributed by atoms with Gasteiger partial charge < -0.3 is 15.4 Å². The average molecular weight is 216 g/mol. The first kappa shape index (κ1) is 14.2. The zero-order valence-corrected chi connectivity index (χ0v) is 10.1. The van der Waals surface area contributed by atoms with Crippen LogP contribution in [0.15, 0.2) is 0 Å². The molecule has 0 fully saturated rings. The molecule has 0 saturated carbocycles. The molecule has 15 heavy (non-hydrogen) atoms. The van der Waals surface area contributed by atoms with Gasteiger partial charge in [0.25, 0.3) is 0 Å². The van der Waals surface area contributed by atoms with Crippen LogP contribution < -0.4 is 10.6 Å². The molecule has 90 valence electrons. The first-order chi connectivity index (χ1) is 7.20. The number of ether oxygens (including phenoxy) is 1. The summed E-state index contributed by atoms with van der Waals surface area (Å²) in [5.74, 6) is 0. The molecule has 0 aromatic carbocycles. The number of alkyl carbamates (subject to hydrolysis) is 1. The molecule has 0 heterocycles. The Morgan fingerprint density at radius 1 is 1.33 bits per heavy atom. The molecule has 1 amide bonds. The number of carbonyl (C=O) groups excluding carboxylic acids is 1. The third-order valence-electron chi connectivity index (χ3n) is 2.15. The van der Waals surface area contributed by atoms with Crippen LogP contribution in [0.1, 0.15) is 40.0 Å². The van der Waals surface area contributed by atoms with E-state index in [0.29, 0.717) is 19.2 Å². The molecule has 4 nitrogen and oxygen atoms in total. The van der Waals surface area contributed by atoms with Gasteiger partial charge in [0.1, 0.15) is 0 Å². The van der Waals surface area contributed by atoms with Crippen LogP contribution in [0.2, 0.25) is 0 Å². The predicted molar refractivity (Wildman–Crippen MR) is 62.0 cm³/mol. The lowest BCUT2D eigenvalue weighted by molar-refractivity contribution is 0.152. The number of hydrogen-bond acceptors (Lipinski definition) is 3. The molecule has 0 aliphatic rings. The van der Waals surface area contributed by atoms with E-state index in [4.69, 9.17) is 4.74 Å². The Morgan fingerprint density at radius 3 is 2.67 bits per heavy atom. The lowest BCUT2D eigenvalue weighted by Gasteiger charge is -2.13. The van der Waals surface area contributed by atoms with Gasteiger partial charge in [-0.1, -0.05) is 19.8 Å². The van der Waals surface area contributed by atoms with Crippen molar-refractivity contribution in [2.24, 2.45) is 0 Å². The number of amides is 1. The van der Waals surface area contributed by atoms with E-state index in [-0.39, 0.29) is 6.09 Å². The van der Waals surface area contributed by atoms with Crippen LogP contribution in [-0.2, 0) is 4.74 Å². The molecule has 1 atom stereocenters. The second-order valence-corrected chi connectivity index (χ2v) is 3.64. The summed E-state index contributed by atoms with van der Waals surface area (Å²) in [6.45, 7) is 7.99. The SMILES string of the molecule is CCCCC(C)NCCNC(=O)OCC. The summed E-state index contributed by atoms with van der Waals surface area (Å²) >= 11 is 0. The highest BCUT2D eigenvalue weighted by Crippen LogP contribution is 1.98. The highest BCUT2D eigenvalue weighted by molar-refractivity contribution is 5.66. The van der Waals surface area contributed by atoms with Crippen molar-refractivity contribution in [1.29, 1.82) is 0 Å². The van der Waals surface area contributed by atoms with E-state index in [1.54, 1.807) is 6.92 Å². The smallest absolute Gasteiger partial charge is 0.407 e. The summed E-state index contributed by atoms with van der Waals surface area (Å²) in [5, 5.41) is 6.02. The fraction of sp³-hybridized carbons (Fsp3) is 0.909. The second-order valence-electron chi connectivity index (χ2n) is 3.64. The Hall–Kier alpha value is -0.770. The molecule has 0 rings (SSSR count). The summed E-state index contributed by atoms with van der Waals surface area (Å²) in [7, 11) is 0. The molecule has 0 aromatic rings. The highest BCUT2D eigenvalue weighted by Gasteiger charge is 2.01. The summed E-state index contributed by atoms with van der Waals surface area (Å²) < 4.78 is 4.74. The van der Waals surface area contributed by atoms with Gasteiger partial charge in [0.15, 0.2) is 0 Å². The third kappa shape index (κ3) is 9.53. The van der Waals surface area contributed by atoms with Crippen LogP contribution in [0, 0.1) is 0 Å². The lowest BCUT2D eigenvalue weighted by Crippen LogP contribution is -2.36. The van der Waals surface area contributed by atoms with Crippen molar-refractivity contribution in [3.8, 4) is 0 Å². The Kier molecular flexibility index (Phi) is 9.27. The fourth-order valence-electron chi connectivity index (χ4n) is 1.28. The van der Waals surface area contributed by atoms with Crippen molar-refractivity contribution in [3.63, 3.8) is 0 Å². The van der Waals surface area contributed by atoms with Crippen LogP contribution in [0.25, 0.3) is 0 Å². The Bertz CT molecular complexity index is 163. The quantitative estimate of drug-likeness (QED) is 0.609. The minimum absolute atomic E-state index is 0.333.